The summed E-state index contributed by atoms with van der Waals surface area (Å²) in [4.78, 5) is 7.14. The van der Waals surface area contributed by atoms with Gasteiger partial charge >= 0.3 is 0 Å². The number of aliphatic imine (C=N–C) groups is 1. The van der Waals surface area contributed by atoms with Gasteiger partial charge in [-0.15, -0.1) is 24.0 Å². The van der Waals surface area contributed by atoms with Gasteiger partial charge in [-0.2, -0.15) is 0 Å². The summed E-state index contributed by atoms with van der Waals surface area (Å²) in [5, 5.41) is 6.81. The summed E-state index contributed by atoms with van der Waals surface area (Å²) in [6.07, 6.45) is 2.85. The number of rotatable bonds is 8. The monoisotopic (exact) mass is 464 g/mol. The van der Waals surface area contributed by atoms with E-state index in [4.69, 9.17) is 9.15 Å². The third-order valence-corrected chi connectivity index (χ3v) is 4.13. The van der Waals surface area contributed by atoms with E-state index in [1.165, 1.54) is 6.42 Å². The van der Waals surface area contributed by atoms with E-state index in [1.54, 1.807) is 6.26 Å². The van der Waals surface area contributed by atoms with Crippen LogP contribution < -0.4 is 10.6 Å². The van der Waals surface area contributed by atoms with Crippen LogP contribution in [0, 0.1) is 5.92 Å². The second kappa shape index (κ2) is 12.5. The van der Waals surface area contributed by atoms with Gasteiger partial charge in [-0.05, 0) is 31.4 Å². The second-order valence-corrected chi connectivity index (χ2v) is 6.59. The first-order valence-electron chi connectivity index (χ1n) is 9.05. The lowest BCUT2D eigenvalue weighted by Gasteiger charge is -2.35. The fourth-order valence-electron chi connectivity index (χ4n) is 2.96. The van der Waals surface area contributed by atoms with Crippen molar-refractivity contribution in [2.45, 2.75) is 39.8 Å². The molecular formula is C18H33IN4O2. The van der Waals surface area contributed by atoms with Crippen LogP contribution in [0.4, 0.5) is 0 Å². The van der Waals surface area contributed by atoms with Crippen LogP contribution in [0.2, 0.25) is 0 Å². The van der Waals surface area contributed by atoms with Crippen molar-refractivity contribution in [1.29, 1.82) is 0 Å². The predicted octanol–water partition coefficient (Wildman–Crippen LogP) is 2.70. The standard InChI is InChI=1S/C18H32N4O2.HI/c1-4-19-18(21-14-17-6-5-9-24-17)20-13-16(12-15(2)3)22-7-10-23-11-8-22;/h5-6,9,15-16H,4,7-8,10-14H2,1-3H3,(H2,19,20,21);1H. The van der Waals surface area contributed by atoms with Crippen molar-refractivity contribution in [1.82, 2.24) is 15.5 Å². The number of nitrogens with zero attached hydrogens (tertiary/aromatic N) is 2. The highest BCUT2D eigenvalue weighted by atomic mass is 127. The van der Waals surface area contributed by atoms with Crippen LogP contribution >= 0.6 is 24.0 Å². The summed E-state index contributed by atoms with van der Waals surface area (Å²) in [6, 6.07) is 4.34. The van der Waals surface area contributed by atoms with Crippen molar-refractivity contribution in [3.8, 4) is 0 Å². The molecule has 0 amide bonds. The number of furan rings is 1. The zero-order valence-electron chi connectivity index (χ0n) is 15.7. The minimum absolute atomic E-state index is 0. The molecule has 6 nitrogen and oxygen atoms in total. The first kappa shape index (κ1) is 22.2. The quantitative estimate of drug-likeness (QED) is 0.352. The number of nitrogens with one attached hydrogen (secondary N) is 2. The molecule has 0 aliphatic carbocycles. The summed E-state index contributed by atoms with van der Waals surface area (Å²) in [5.41, 5.74) is 0. The Morgan fingerprint density at radius 3 is 2.64 bits per heavy atom. The molecule has 25 heavy (non-hydrogen) atoms. The molecule has 0 bridgehead atoms. The molecule has 0 radical (unpaired) electrons. The lowest BCUT2D eigenvalue weighted by Crippen LogP contribution is -2.51. The Hall–Kier alpha value is -0.800. The fraction of sp³-hybridized carbons (Fsp3) is 0.722. The smallest absolute Gasteiger partial charge is 0.191 e. The SMILES string of the molecule is CCNC(=NCc1ccco1)NCC(CC(C)C)N1CCOCC1.I. The molecule has 0 saturated carbocycles. The van der Waals surface area contributed by atoms with Crippen molar-refractivity contribution in [3.63, 3.8) is 0 Å². The summed E-state index contributed by atoms with van der Waals surface area (Å²) in [7, 11) is 0. The molecule has 0 spiro atoms. The minimum atomic E-state index is 0. The molecular weight excluding hydrogens is 431 g/mol. The van der Waals surface area contributed by atoms with Crippen molar-refractivity contribution in [2.24, 2.45) is 10.9 Å². The summed E-state index contributed by atoms with van der Waals surface area (Å²) in [6.45, 7) is 12.6. The highest BCUT2D eigenvalue weighted by molar-refractivity contribution is 14.0. The van der Waals surface area contributed by atoms with E-state index in [9.17, 15) is 0 Å². The lowest BCUT2D eigenvalue weighted by atomic mass is 10.0. The maximum absolute atomic E-state index is 5.49. The van der Waals surface area contributed by atoms with Gasteiger partial charge < -0.3 is 19.8 Å². The summed E-state index contributed by atoms with van der Waals surface area (Å²) >= 11 is 0. The average Bonchev–Trinajstić information content (AvgIpc) is 3.10. The molecule has 2 rings (SSSR count). The van der Waals surface area contributed by atoms with Crippen LogP contribution in [-0.4, -0.2) is 56.3 Å². The van der Waals surface area contributed by atoms with Crippen LogP contribution in [0.5, 0.6) is 0 Å². The second-order valence-electron chi connectivity index (χ2n) is 6.59. The molecule has 1 aromatic rings. The van der Waals surface area contributed by atoms with Gasteiger partial charge in [0.1, 0.15) is 12.3 Å². The van der Waals surface area contributed by atoms with Gasteiger partial charge in [-0.25, -0.2) is 4.99 Å². The molecule has 7 heteroatoms. The highest BCUT2D eigenvalue weighted by Gasteiger charge is 2.22. The zero-order valence-corrected chi connectivity index (χ0v) is 18.0. The molecule has 1 aromatic heterocycles. The molecule has 1 aliphatic rings. The van der Waals surface area contributed by atoms with Gasteiger partial charge in [0.25, 0.3) is 0 Å². The highest BCUT2D eigenvalue weighted by Crippen LogP contribution is 2.13. The van der Waals surface area contributed by atoms with Gasteiger partial charge in [0.15, 0.2) is 5.96 Å². The Balaban J connectivity index is 0.00000312. The predicted molar refractivity (Wildman–Crippen MR) is 113 cm³/mol. The van der Waals surface area contributed by atoms with Crippen LogP contribution in [0.3, 0.4) is 0 Å². The number of guanidine groups is 1. The number of hydrogen-bond acceptors (Lipinski definition) is 4. The van der Waals surface area contributed by atoms with E-state index < -0.39 is 0 Å². The Labute approximate surface area is 168 Å². The maximum Gasteiger partial charge on any atom is 0.191 e. The van der Waals surface area contributed by atoms with Gasteiger partial charge in [-0.1, -0.05) is 13.8 Å². The lowest BCUT2D eigenvalue weighted by molar-refractivity contribution is 0.0132. The average molecular weight is 464 g/mol. The molecule has 0 aromatic carbocycles. The largest absolute Gasteiger partial charge is 0.467 e. The van der Waals surface area contributed by atoms with Gasteiger partial charge in [0.2, 0.25) is 0 Å². The fourth-order valence-corrected chi connectivity index (χ4v) is 2.96. The van der Waals surface area contributed by atoms with Gasteiger partial charge in [0.05, 0.1) is 19.5 Å². The van der Waals surface area contributed by atoms with E-state index in [-0.39, 0.29) is 24.0 Å². The Kier molecular flexibility index (Phi) is 11.2. The van der Waals surface area contributed by atoms with Gasteiger partial charge in [-0.3, -0.25) is 4.90 Å². The maximum atomic E-state index is 5.49. The van der Waals surface area contributed by atoms with Crippen molar-refractivity contribution < 1.29 is 9.15 Å². The topological polar surface area (TPSA) is 62.0 Å². The van der Waals surface area contributed by atoms with Crippen molar-refractivity contribution in [2.75, 3.05) is 39.4 Å². The van der Waals surface area contributed by atoms with Gasteiger partial charge in [0, 0.05) is 32.2 Å². The van der Waals surface area contributed by atoms with Crippen molar-refractivity contribution in [3.05, 3.63) is 24.2 Å². The van der Waals surface area contributed by atoms with Crippen LogP contribution in [0.1, 0.15) is 33.0 Å². The van der Waals surface area contributed by atoms with E-state index in [0.717, 1.165) is 51.1 Å². The van der Waals surface area contributed by atoms with E-state index in [2.05, 4.69) is 41.3 Å². The molecule has 1 atom stereocenters. The number of morpholine rings is 1. The Bertz CT molecular complexity index is 473. The number of halogens is 1. The molecule has 1 fully saturated rings. The third kappa shape index (κ3) is 8.42. The molecule has 2 heterocycles. The van der Waals surface area contributed by atoms with E-state index in [1.807, 2.05) is 12.1 Å². The first-order chi connectivity index (χ1) is 11.7. The van der Waals surface area contributed by atoms with E-state index >= 15 is 0 Å². The zero-order chi connectivity index (χ0) is 17.2. The number of hydrogen-bond donors (Lipinski definition) is 2. The molecule has 1 unspecified atom stereocenters. The van der Waals surface area contributed by atoms with E-state index in [0.29, 0.717) is 18.5 Å². The molecule has 2 N–H and O–H groups in total. The van der Waals surface area contributed by atoms with Crippen molar-refractivity contribution >= 4 is 29.9 Å². The van der Waals surface area contributed by atoms with Crippen LogP contribution in [-0.2, 0) is 11.3 Å². The Morgan fingerprint density at radius 2 is 2.04 bits per heavy atom. The van der Waals surface area contributed by atoms with Crippen LogP contribution in [0.25, 0.3) is 0 Å². The number of ether oxygens (including phenoxy) is 1. The molecule has 1 saturated heterocycles. The molecule has 144 valence electrons. The minimum Gasteiger partial charge on any atom is -0.467 e. The molecule has 1 aliphatic heterocycles. The third-order valence-electron chi connectivity index (χ3n) is 4.13. The first-order valence-corrected chi connectivity index (χ1v) is 9.05. The normalized spacial score (nSPS) is 17.2. The van der Waals surface area contributed by atoms with Crippen LogP contribution in [0.15, 0.2) is 27.8 Å². The summed E-state index contributed by atoms with van der Waals surface area (Å²) < 4.78 is 10.8. The Morgan fingerprint density at radius 1 is 1.28 bits per heavy atom. The summed E-state index contributed by atoms with van der Waals surface area (Å²) in [5.74, 6) is 2.39.